The first-order valence-corrected chi connectivity index (χ1v) is 5.16. The fraction of sp³-hybridized carbons (Fsp3) is 0.333. The van der Waals surface area contributed by atoms with Gasteiger partial charge in [0.05, 0.1) is 6.20 Å². The standard InChI is InChI=1S/C9H9IN2O/c1-6(13)7-2-3-12-8(10)5-11-9(12)4-7/h2-3,5,7H,4H2,1H3. The van der Waals surface area contributed by atoms with Gasteiger partial charge in [-0.2, -0.15) is 0 Å². The molecule has 0 N–H and O–H groups in total. The number of imidazole rings is 1. The van der Waals surface area contributed by atoms with Gasteiger partial charge in [0.1, 0.15) is 15.3 Å². The van der Waals surface area contributed by atoms with Crippen LogP contribution in [0.2, 0.25) is 0 Å². The number of fused-ring (bicyclic) bond motifs is 1. The average Bonchev–Trinajstić information content (AvgIpc) is 2.47. The molecule has 1 aliphatic rings. The molecular formula is C9H9IN2O. The molecule has 1 atom stereocenters. The first-order chi connectivity index (χ1) is 6.18. The Morgan fingerprint density at radius 3 is 3.23 bits per heavy atom. The number of halogens is 1. The molecule has 0 aliphatic carbocycles. The molecule has 0 aromatic carbocycles. The maximum absolute atomic E-state index is 11.1. The highest BCUT2D eigenvalue weighted by atomic mass is 127. The second kappa shape index (κ2) is 3.25. The van der Waals surface area contributed by atoms with E-state index in [2.05, 4.69) is 27.6 Å². The van der Waals surface area contributed by atoms with Crippen LogP contribution in [0.5, 0.6) is 0 Å². The molecule has 2 heterocycles. The van der Waals surface area contributed by atoms with Crippen LogP contribution in [0, 0.1) is 9.62 Å². The van der Waals surface area contributed by atoms with Crippen molar-refractivity contribution in [2.24, 2.45) is 5.92 Å². The quantitative estimate of drug-likeness (QED) is 0.737. The second-order valence-corrected chi connectivity index (χ2v) is 4.24. The van der Waals surface area contributed by atoms with Crippen LogP contribution in [0.4, 0.5) is 0 Å². The lowest BCUT2D eigenvalue weighted by atomic mass is 9.99. The molecular weight excluding hydrogens is 279 g/mol. The summed E-state index contributed by atoms with van der Waals surface area (Å²) in [6.07, 6.45) is 6.43. The monoisotopic (exact) mass is 288 g/mol. The summed E-state index contributed by atoms with van der Waals surface area (Å²) in [6, 6.07) is 0. The fourth-order valence-corrected chi connectivity index (χ4v) is 2.00. The van der Waals surface area contributed by atoms with E-state index in [-0.39, 0.29) is 11.7 Å². The lowest BCUT2D eigenvalue weighted by Gasteiger charge is -2.14. The third kappa shape index (κ3) is 1.54. The lowest BCUT2D eigenvalue weighted by Crippen LogP contribution is -2.17. The van der Waals surface area contributed by atoms with Crippen LogP contribution in [-0.2, 0) is 11.2 Å². The normalized spacial score (nSPS) is 20.0. The van der Waals surface area contributed by atoms with E-state index < -0.39 is 0 Å². The summed E-state index contributed by atoms with van der Waals surface area (Å²) < 4.78 is 3.10. The van der Waals surface area contributed by atoms with Gasteiger partial charge < -0.3 is 0 Å². The van der Waals surface area contributed by atoms with Crippen LogP contribution >= 0.6 is 22.6 Å². The van der Waals surface area contributed by atoms with Gasteiger partial charge >= 0.3 is 0 Å². The van der Waals surface area contributed by atoms with Crippen molar-refractivity contribution in [3.05, 3.63) is 21.8 Å². The molecule has 1 aromatic heterocycles. The number of hydrogen-bond acceptors (Lipinski definition) is 2. The van der Waals surface area contributed by atoms with Gasteiger partial charge in [0.15, 0.2) is 0 Å². The molecule has 0 spiro atoms. The van der Waals surface area contributed by atoms with E-state index in [1.807, 2.05) is 23.0 Å². The molecule has 1 aliphatic heterocycles. The van der Waals surface area contributed by atoms with E-state index in [1.54, 1.807) is 6.92 Å². The maximum Gasteiger partial charge on any atom is 0.137 e. The van der Waals surface area contributed by atoms with Crippen molar-refractivity contribution >= 4 is 34.6 Å². The summed E-state index contributed by atoms with van der Waals surface area (Å²) in [4.78, 5) is 15.4. The summed E-state index contributed by atoms with van der Waals surface area (Å²) in [5.74, 6) is 1.21. The Kier molecular flexibility index (Phi) is 2.23. The summed E-state index contributed by atoms with van der Waals surface area (Å²) in [5.41, 5.74) is 0. The number of Topliss-reactive ketones (excluding diaryl/α,β-unsaturated/α-hetero) is 1. The first-order valence-electron chi connectivity index (χ1n) is 4.09. The largest absolute Gasteiger partial charge is 0.299 e. The number of rotatable bonds is 1. The number of hydrogen-bond donors (Lipinski definition) is 0. The van der Waals surface area contributed by atoms with Crippen molar-refractivity contribution in [2.45, 2.75) is 13.3 Å². The van der Waals surface area contributed by atoms with E-state index in [0.717, 1.165) is 15.9 Å². The highest BCUT2D eigenvalue weighted by Gasteiger charge is 2.19. The summed E-state index contributed by atoms with van der Waals surface area (Å²) in [7, 11) is 0. The molecule has 1 aromatic rings. The number of allylic oxidation sites excluding steroid dienone is 1. The Morgan fingerprint density at radius 1 is 1.77 bits per heavy atom. The summed E-state index contributed by atoms with van der Waals surface area (Å²) in [6.45, 7) is 1.62. The third-order valence-electron chi connectivity index (χ3n) is 2.22. The lowest BCUT2D eigenvalue weighted by molar-refractivity contribution is -0.119. The topological polar surface area (TPSA) is 34.9 Å². The zero-order valence-corrected chi connectivity index (χ0v) is 9.35. The van der Waals surface area contributed by atoms with Crippen molar-refractivity contribution in [1.82, 2.24) is 9.55 Å². The molecule has 0 fully saturated rings. The highest BCUT2D eigenvalue weighted by Crippen LogP contribution is 2.19. The van der Waals surface area contributed by atoms with Gasteiger partial charge in [-0.3, -0.25) is 9.36 Å². The van der Waals surface area contributed by atoms with Crippen LogP contribution < -0.4 is 0 Å². The van der Waals surface area contributed by atoms with Gasteiger partial charge in [0, 0.05) is 18.5 Å². The SMILES string of the molecule is CC(=O)C1C=Cn2c(I)cnc2C1. The van der Waals surface area contributed by atoms with Crippen molar-refractivity contribution in [3.8, 4) is 0 Å². The molecule has 0 saturated heterocycles. The number of nitrogens with zero attached hydrogens (tertiary/aromatic N) is 2. The number of carbonyl (C=O) groups excluding carboxylic acids is 1. The minimum absolute atomic E-state index is 0.0192. The predicted octanol–water partition coefficient (Wildman–Crippen LogP) is 1.72. The van der Waals surface area contributed by atoms with Crippen molar-refractivity contribution in [3.63, 3.8) is 0 Å². The number of ketones is 1. The van der Waals surface area contributed by atoms with Crippen LogP contribution in [0.25, 0.3) is 6.20 Å². The first kappa shape index (κ1) is 8.93. The van der Waals surface area contributed by atoms with Gasteiger partial charge in [0.25, 0.3) is 0 Å². The van der Waals surface area contributed by atoms with Crippen molar-refractivity contribution in [2.75, 3.05) is 0 Å². The fourth-order valence-electron chi connectivity index (χ4n) is 1.42. The van der Waals surface area contributed by atoms with Crippen LogP contribution in [0.1, 0.15) is 12.7 Å². The van der Waals surface area contributed by atoms with Gasteiger partial charge in [-0.25, -0.2) is 4.98 Å². The van der Waals surface area contributed by atoms with Crippen LogP contribution in [0.3, 0.4) is 0 Å². The number of carbonyl (C=O) groups is 1. The average molecular weight is 288 g/mol. The smallest absolute Gasteiger partial charge is 0.137 e. The molecule has 4 heteroatoms. The van der Waals surface area contributed by atoms with Gasteiger partial charge in [-0.1, -0.05) is 6.08 Å². The van der Waals surface area contributed by atoms with E-state index >= 15 is 0 Å². The highest BCUT2D eigenvalue weighted by molar-refractivity contribution is 14.1. The molecule has 1 unspecified atom stereocenters. The Hall–Kier alpha value is -0.650. The third-order valence-corrected chi connectivity index (χ3v) is 3.02. The Balaban J connectivity index is 2.35. The molecule has 0 radical (unpaired) electrons. The van der Waals surface area contributed by atoms with Crippen molar-refractivity contribution < 1.29 is 4.79 Å². The van der Waals surface area contributed by atoms with Crippen LogP contribution in [-0.4, -0.2) is 15.3 Å². The molecule has 2 rings (SSSR count). The van der Waals surface area contributed by atoms with Crippen LogP contribution in [0.15, 0.2) is 12.3 Å². The molecule has 0 amide bonds. The minimum atomic E-state index is 0.0192. The van der Waals surface area contributed by atoms with E-state index in [4.69, 9.17) is 0 Å². The number of aromatic nitrogens is 2. The molecule has 13 heavy (non-hydrogen) atoms. The van der Waals surface area contributed by atoms with Gasteiger partial charge in [-0.05, 0) is 29.5 Å². The second-order valence-electron chi connectivity index (χ2n) is 3.13. The molecule has 3 nitrogen and oxygen atoms in total. The zero-order chi connectivity index (χ0) is 9.42. The zero-order valence-electron chi connectivity index (χ0n) is 7.20. The van der Waals surface area contributed by atoms with Gasteiger partial charge in [-0.15, -0.1) is 0 Å². The molecule has 0 bridgehead atoms. The van der Waals surface area contributed by atoms with E-state index in [9.17, 15) is 4.79 Å². The van der Waals surface area contributed by atoms with E-state index in [1.165, 1.54) is 0 Å². The molecule has 0 saturated carbocycles. The van der Waals surface area contributed by atoms with Crippen molar-refractivity contribution in [1.29, 1.82) is 0 Å². The van der Waals surface area contributed by atoms with E-state index in [0.29, 0.717) is 0 Å². The molecule has 68 valence electrons. The van der Waals surface area contributed by atoms with Gasteiger partial charge in [0.2, 0.25) is 0 Å². The Bertz CT molecular complexity index is 381. The Morgan fingerprint density at radius 2 is 2.54 bits per heavy atom. The minimum Gasteiger partial charge on any atom is -0.299 e. The maximum atomic E-state index is 11.1. The summed E-state index contributed by atoms with van der Waals surface area (Å²) >= 11 is 2.23. The summed E-state index contributed by atoms with van der Waals surface area (Å²) in [5, 5.41) is 0. The Labute approximate surface area is 90.0 Å². The predicted molar refractivity (Wildman–Crippen MR) is 58.1 cm³/mol.